The summed E-state index contributed by atoms with van der Waals surface area (Å²) in [6, 6.07) is 0. The third kappa shape index (κ3) is 1.23. The zero-order chi connectivity index (χ0) is 7.84. The van der Waals surface area contributed by atoms with Gasteiger partial charge in [0.15, 0.2) is 0 Å². The van der Waals surface area contributed by atoms with Crippen LogP contribution in [0, 0.1) is 0 Å². The van der Waals surface area contributed by atoms with E-state index < -0.39 is 0 Å². The Hall–Kier alpha value is -0.610. The van der Waals surface area contributed by atoms with Crippen molar-refractivity contribution in [2.75, 3.05) is 0 Å². The summed E-state index contributed by atoms with van der Waals surface area (Å²) >= 11 is 0. The number of ether oxygens (including phenoxy) is 1. The van der Waals surface area contributed by atoms with E-state index in [1.54, 1.807) is 0 Å². The molecular weight excluding hydrogens is 148 g/mol. The molecule has 0 aliphatic carbocycles. The number of carbonyl (C=O) groups is 1. The van der Waals surface area contributed by atoms with Crippen LogP contribution in [0.5, 0.6) is 0 Å². The van der Waals surface area contributed by atoms with Crippen molar-refractivity contribution in [2.24, 2.45) is 0 Å². The summed E-state index contributed by atoms with van der Waals surface area (Å²) in [5.74, 6) is -0.183. The number of hydrogen-bond donors (Lipinski definition) is 0. The molecule has 0 aromatic carbocycles. The van der Waals surface area contributed by atoms with Crippen LogP contribution in [0.2, 0.25) is 0 Å². The summed E-state index contributed by atoms with van der Waals surface area (Å²) < 4.78 is 4.99. The molecular formula is C7H10O4. The Kier molecular flexibility index (Phi) is 1.58. The lowest BCUT2D eigenvalue weighted by molar-refractivity contribution is -0.379. The van der Waals surface area contributed by atoms with E-state index in [0.717, 1.165) is 6.42 Å². The molecule has 0 spiro atoms. The lowest BCUT2D eigenvalue weighted by Crippen LogP contribution is -2.35. The van der Waals surface area contributed by atoms with Crippen LogP contribution >= 0.6 is 0 Å². The van der Waals surface area contributed by atoms with Crippen LogP contribution in [0.3, 0.4) is 0 Å². The van der Waals surface area contributed by atoms with Crippen LogP contribution in [0.4, 0.5) is 0 Å². The van der Waals surface area contributed by atoms with Crippen molar-refractivity contribution in [1.82, 2.24) is 0 Å². The van der Waals surface area contributed by atoms with Crippen LogP contribution < -0.4 is 0 Å². The first-order valence-corrected chi connectivity index (χ1v) is 3.77. The summed E-state index contributed by atoms with van der Waals surface area (Å²) in [7, 11) is 0. The number of esters is 1. The molecule has 2 saturated heterocycles. The minimum absolute atomic E-state index is 0.0298. The smallest absolute Gasteiger partial charge is 0.309 e. The van der Waals surface area contributed by atoms with E-state index in [0.29, 0.717) is 6.42 Å². The number of rotatable bonds is 0. The SMILES string of the molecule is C[C@@H]1C[C@@H]2OC(=O)C[C@@H]2OO1. The second kappa shape index (κ2) is 2.46. The predicted molar refractivity (Wildman–Crippen MR) is 34.5 cm³/mol. The molecule has 2 fully saturated rings. The average Bonchev–Trinajstić information content (AvgIpc) is 2.27. The highest BCUT2D eigenvalue weighted by molar-refractivity contribution is 5.72. The quantitative estimate of drug-likeness (QED) is 0.378. The molecule has 3 atom stereocenters. The highest BCUT2D eigenvalue weighted by Crippen LogP contribution is 2.27. The maximum absolute atomic E-state index is 10.8. The van der Waals surface area contributed by atoms with E-state index in [1.165, 1.54) is 0 Å². The standard InChI is InChI=1S/C7H10O4/c1-4-2-5-6(11-10-4)3-7(8)9-5/h4-6H,2-3H2,1H3/t4-,5+,6+/m1/s1. The molecule has 0 amide bonds. The van der Waals surface area contributed by atoms with Gasteiger partial charge in [0.25, 0.3) is 0 Å². The van der Waals surface area contributed by atoms with Gasteiger partial charge < -0.3 is 4.74 Å². The van der Waals surface area contributed by atoms with Crippen LogP contribution in [0.25, 0.3) is 0 Å². The zero-order valence-corrected chi connectivity index (χ0v) is 6.28. The number of fused-ring (bicyclic) bond motifs is 1. The topological polar surface area (TPSA) is 44.8 Å². The Morgan fingerprint density at radius 2 is 2.18 bits per heavy atom. The summed E-state index contributed by atoms with van der Waals surface area (Å²) in [4.78, 5) is 20.6. The Morgan fingerprint density at radius 1 is 1.36 bits per heavy atom. The molecule has 62 valence electrons. The first kappa shape index (κ1) is 7.06. The van der Waals surface area contributed by atoms with Gasteiger partial charge in [-0.15, -0.1) is 0 Å². The first-order valence-electron chi connectivity index (χ1n) is 3.77. The van der Waals surface area contributed by atoms with Crippen molar-refractivity contribution in [3.05, 3.63) is 0 Å². The molecule has 0 N–H and O–H groups in total. The molecule has 2 aliphatic heterocycles. The van der Waals surface area contributed by atoms with Gasteiger partial charge in [-0.25, -0.2) is 9.78 Å². The van der Waals surface area contributed by atoms with E-state index >= 15 is 0 Å². The van der Waals surface area contributed by atoms with Crippen LogP contribution in [0.1, 0.15) is 19.8 Å². The largest absolute Gasteiger partial charge is 0.459 e. The van der Waals surface area contributed by atoms with Gasteiger partial charge >= 0.3 is 5.97 Å². The molecule has 0 bridgehead atoms. The van der Waals surface area contributed by atoms with Gasteiger partial charge in [-0.3, -0.25) is 4.79 Å². The van der Waals surface area contributed by atoms with Crippen LogP contribution in [-0.2, 0) is 19.3 Å². The Morgan fingerprint density at radius 3 is 3.00 bits per heavy atom. The third-order valence-corrected chi connectivity index (χ3v) is 1.97. The van der Waals surface area contributed by atoms with Crippen molar-refractivity contribution >= 4 is 5.97 Å². The van der Waals surface area contributed by atoms with E-state index in [1.807, 2.05) is 6.92 Å². The number of carbonyl (C=O) groups excluding carboxylic acids is 1. The van der Waals surface area contributed by atoms with Gasteiger partial charge in [0, 0.05) is 6.42 Å². The van der Waals surface area contributed by atoms with Gasteiger partial charge in [-0.1, -0.05) is 0 Å². The fourth-order valence-corrected chi connectivity index (χ4v) is 1.42. The Balaban J connectivity index is 2.02. The van der Waals surface area contributed by atoms with Crippen LogP contribution in [0.15, 0.2) is 0 Å². The lowest BCUT2D eigenvalue weighted by atomic mass is 10.1. The maximum Gasteiger partial charge on any atom is 0.309 e. The normalized spacial score (nSPS) is 43.4. The molecule has 0 aromatic heterocycles. The maximum atomic E-state index is 10.8. The van der Waals surface area contributed by atoms with Crippen molar-refractivity contribution in [3.63, 3.8) is 0 Å². The van der Waals surface area contributed by atoms with E-state index in [-0.39, 0.29) is 24.3 Å². The third-order valence-electron chi connectivity index (χ3n) is 1.97. The highest BCUT2D eigenvalue weighted by atomic mass is 17.2. The molecule has 2 rings (SSSR count). The molecule has 4 heteroatoms. The first-order chi connectivity index (χ1) is 5.25. The molecule has 11 heavy (non-hydrogen) atoms. The van der Waals surface area contributed by atoms with E-state index in [4.69, 9.17) is 14.5 Å². The van der Waals surface area contributed by atoms with Gasteiger partial charge in [0.2, 0.25) is 0 Å². The van der Waals surface area contributed by atoms with Gasteiger partial charge in [0.1, 0.15) is 12.2 Å². The van der Waals surface area contributed by atoms with Crippen molar-refractivity contribution in [3.8, 4) is 0 Å². The average molecular weight is 158 g/mol. The second-order valence-electron chi connectivity index (χ2n) is 3.01. The number of hydrogen-bond acceptors (Lipinski definition) is 4. The monoisotopic (exact) mass is 158 g/mol. The van der Waals surface area contributed by atoms with Gasteiger partial charge in [-0.05, 0) is 6.92 Å². The fraction of sp³-hybridized carbons (Fsp3) is 0.857. The lowest BCUT2D eigenvalue weighted by Gasteiger charge is -2.26. The minimum atomic E-state index is -0.183. The zero-order valence-electron chi connectivity index (χ0n) is 6.28. The van der Waals surface area contributed by atoms with Gasteiger partial charge in [0.05, 0.1) is 12.5 Å². The molecule has 0 aromatic rings. The van der Waals surface area contributed by atoms with Crippen molar-refractivity contribution in [2.45, 2.75) is 38.1 Å². The van der Waals surface area contributed by atoms with E-state index in [9.17, 15) is 4.79 Å². The van der Waals surface area contributed by atoms with Crippen molar-refractivity contribution in [1.29, 1.82) is 0 Å². The predicted octanol–water partition coefficient (Wildman–Crippen LogP) is 0.411. The molecule has 4 nitrogen and oxygen atoms in total. The Labute approximate surface area is 64.3 Å². The Bertz CT molecular complexity index is 179. The summed E-state index contributed by atoms with van der Waals surface area (Å²) in [6.45, 7) is 1.89. The van der Waals surface area contributed by atoms with E-state index in [2.05, 4.69) is 0 Å². The molecule has 0 unspecified atom stereocenters. The minimum Gasteiger partial charge on any atom is -0.459 e. The molecule has 0 saturated carbocycles. The highest BCUT2D eigenvalue weighted by Gasteiger charge is 2.41. The van der Waals surface area contributed by atoms with Crippen molar-refractivity contribution < 1.29 is 19.3 Å². The van der Waals surface area contributed by atoms with Crippen LogP contribution in [-0.4, -0.2) is 24.3 Å². The second-order valence-corrected chi connectivity index (χ2v) is 3.01. The molecule has 0 radical (unpaired) electrons. The van der Waals surface area contributed by atoms with Gasteiger partial charge in [-0.2, -0.15) is 0 Å². The summed E-state index contributed by atoms with van der Waals surface area (Å²) in [5, 5.41) is 0. The summed E-state index contributed by atoms with van der Waals surface area (Å²) in [5.41, 5.74) is 0. The molecule has 2 heterocycles. The summed E-state index contributed by atoms with van der Waals surface area (Å²) in [6.07, 6.45) is 0.862. The fourth-order valence-electron chi connectivity index (χ4n) is 1.42. The molecule has 2 aliphatic rings.